The Morgan fingerprint density at radius 3 is 2.70 bits per heavy atom. The average Bonchev–Trinajstić information content (AvgIpc) is 2.40. The Morgan fingerprint density at radius 2 is 2.10 bits per heavy atom. The van der Waals surface area contributed by atoms with Crippen molar-refractivity contribution in [2.45, 2.75) is 6.42 Å². The topological polar surface area (TPSA) is 96.0 Å². The number of amides is 1. The second kappa shape index (κ2) is 7.66. The van der Waals surface area contributed by atoms with Gasteiger partial charge in [-0.25, -0.2) is 0 Å². The van der Waals surface area contributed by atoms with Gasteiger partial charge in [-0.1, -0.05) is 12.2 Å². The molecule has 0 unspecified atom stereocenters. The smallest absolute Gasteiger partial charge is 0.257 e. The minimum Gasteiger partial charge on any atom is -0.508 e. The van der Waals surface area contributed by atoms with E-state index < -0.39 is 5.91 Å². The van der Waals surface area contributed by atoms with Crippen molar-refractivity contribution in [3.8, 4) is 11.5 Å². The van der Waals surface area contributed by atoms with Crippen molar-refractivity contribution in [3.63, 3.8) is 0 Å². The van der Waals surface area contributed by atoms with Crippen molar-refractivity contribution in [1.82, 2.24) is 4.90 Å². The van der Waals surface area contributed by atoms with Gasteiger partial charge in [0.1, 0.15) is 11.5 Å². The predicted molar refractivity (Wildman–Crippen MR) is 79.0 cm³/mol. The number of phenolic OH excluding ortho intramolecular Hbond substituents is 2. The number of rotatable bonds is 7. The molecule has 0 aliphatic carbocycles. The van der Waals surface area contributed by atoms with Crippen LogP contribution in [0, 0.1) is 0 Å². The monoisotopic (exact) mass is 298 g/mol. The van der Waals surface area contributed by atoms with E-state index in [1.807, 2.05) is 0 Å². The molecule has 20 heavy (non-hydrogen) atoms. The Morgan fingerprint density at radius 1 is 1.40 bits per heavy atom. The third kappa shape index (κ3) is 4.67. The van der Waals surface area contributed by atoms with E-state index >= 15 is 0 Å². The van der Waals surface area contributed by atoms with Gasteiger partial charge in [-0.15, -0.1) is 0 Å². The summed E-state index contributed by atoms with van der Waals surface area (Å²) in [4.78, 5) is 14.1. The van der Waals surface area contributed by atoms with Crippen molar-refractivity contribution < 1.29 is 19.7 Å². The van der Waals surface area contributed by atoms with E-state index in [1.165, 1.54) is 30.2 Å². The Kier molecular flexibility index (Phi) is 6.20. The minimum absolute atomic E-state index is 0.0315. The van der Waals surface area contributed by atoms with Crippen molar-refractivity contribution in [2.24, 2.45) is 5.73 Å². The second-order valence-electron chi connectivity index (χ2n) is 4.20. The number of nitrogens with two attached hydrogens (primary N) is 1. The van der Waals surface area contributed by atoms with Gasteiger partial charge in [0.15, 0.2) is 0 Å². The number of ether oxygens (including phenoxy) is 1. The summed E-state index contributed by atoms with van der Waals surface area (Å²) in [5.41, 5.74) is 5.47. The van der Waals surface area contributed by atoms with Crippen molar-refractivity contribution in [2.75, 3.05) is 26.8 Å². The summed E-state index contributed by atoms with van der Waals surface area (Å²) >= 11 is 4.80. The van der Waals surface area contributed by atoms with Crippen LogP contribution in [0.4, 0.5) is 0 Å². The number of hydrogen-bond acceptors (Lipinski definition) is 5. The third-order valence-electron chi connectivity index (χ3n) is 2.69. The van der Waals surface area contributed by atoms with Crippen molar-refractivity contribution >= 4 is 23.1 Å². The van der Waals surface area contributed by atoms with E-state index in [4.69, 9.17) is 22.7 Å². The lowest BCUT2D eigenvalue weighted by Crippen LogP contribution is -2.36. The first kappa shape index (κ1) is 16.2. The Balaban J connectivity index is 2.90. The number of thiocarbonyl (C=S) groups is 1. The number of aromatic hydroxyl groups is 2. The molecule has 0 saturated carbocycles. The van der Waals surface area contributed by atoms with Gasteiger partial charge in [0.25, 0.3) is 5.91 Å². The molecule has 1 aromatic rings. The van der Waals surface area contributed by atoms with Gasteiger partial charge in [-0.05, 0) is 18.2 Å². The molecule has 1 rings (SSSR count). The van der Waals surface area contributed by atoms with Crippen LogP contribution in [-0.4, -0.2) is 52.8 Å². The predicted octanol–water partition coefficient (Wildman–Crippen LogP) is 0.863. The van der Waals surface area contributed by atoms with Crippen LogP contribution in [0.2, 0.25) is 0 Å². The molecule has 110 valence electrons. The quantitative estimate of drug-likeness (QED) is 0.510. The van der Waals surface area contributed by atoms with Crippen LogP contribution in [0.5, 0.6) is 11.5 Å². The Hall–Kier alpha value is -1.86. The van der Waals surface area contributed by atoms with Crippen LogP contribution < -0.4 is 5.73 Å². The first-order valence-corrected chi connectivity index (χ1v) is 6.45. The highest BCUT2D eigenvalue weighted by atomic mass is 32.1. The molecule has 1 amide bonds. The summed E-state index contributed by atoms with van der Waals surface area (Å²) in [6.07, 6.45) is 0.379. The molecule has 0 aliphatic rings. The number of methoxy groups -OCH3 is 1. The maximum atomic E-state index is 12.4. The highest BCUT2D eigenvalue weighted by Gasteiger charge is 2.19. The summed E-state index contributed by atoms with van der Waals surface area (Å²) in [5.74, 6) is -0.690. The number of benzene rings is 1. The van der Waals surface area contributed by atoms with Gasteiger partial charge >= 0.3 is 0 Å². The van der Waals surface area contributed by atoms with Crippen LogP contribution in [0.25, 0.3) is 0 Å². The van der Waals surface area contributed by atoms with Crippen molar-refractivity contribution in [3.05, 3.63) is 23.8 Å². The van der Waals surface area contributed by atoms with Crippen LogP contribution in [0.1, 0.15) is 16.8 Å². The average molecular weight is 298 g/mol. The van der Waals surface area contributed by atoms with E-state index in [-0.39, 0.29) is 17.1 Å². The van der Waals surface area contributed by atoms with Gasteiger partial charge in [0.05, 0.1) is 17.2 Å². The maximum Gasteiger partial charge on any atom is 0.257 e. The zero-order valence-corrected chi connectivity index (χ0v) is 12.0. The van der Waals surface area contributed by atoms with E-state index in [0.717, 1.165) is 0 Å². The molecule has 0 spiro atoms. The van der Waals surface area contributed by atoms with Crippen LogP contribution in [0.3, 0.4) is 0 Å². The SMILES string of the molecule is COCCN(CCC(N)=S)C(=O)c1cc(O)ccc1O. The zero-order chi connectivity index (χ0) is 15.1. The van der Waals surface area contributed by atoms with Gasteiger partial charge in [0.2, 0.25) is 0 Å². The highest BCUT2D eigenvalue weighted by Crippen LogP contribution is 2.23. The molecule has 0 bridgehead atoms. The molecule has 7 heteroatoms. The summed E-state index contributed by atoms with van der Waals surface area (Å²) in [6, 6.07) is 3.80. The molecular formula is C13H18N2O4S. The molecular weight excluding hydrogens is 280 g/mol. The lowest BCUT2D eigenvalue weighted by Gasteiger charge is -2.22. The molecule has 0 radical (unpaired) electrons. The standard InChI is InChI=1S/C13H18N2O4S/c1-19-7-6-15(5-4-12(14)20)13(18)10-8-9(16)2-3-11(10)17/h2-3,8,16-17H,4-7H2,1H3,(H2,14,20). The summed E-state index contributed by atoms with van der Waals surface area (Å²) in [5, 5.41) is 19.1. The number of phenols is 2. The molecule has 6 nitrogen and oxygen atoms in total. The fourth-order valence-electron chi connectivity index (χ4n) is 1.63. The fourth-order valence-corrected chi connectivity index (χ4v) is 1.72. The summed E-state index contributed by atoms with van der Waals surface area (Å²) in [7, 11) is 1.53. The molecule has 0 aromatic heterocycles. The first-order valence-electron chi connectivity index (χ1n) is 6.04. The number of carbonyl (C=O) groups is 1. The van der Waals surface area contributed by atoms with E-state index in [1.54, 1.807) is 0 Å². The second-order valence-corrected chi connectivity index (χ2v) is 4.73. The molecule has 0 aliphatic heterocycles. The van der Waals surface area contributed by atoms with Crippen LogP contribution >= 0.6 is 12.2 Å². The highest BCUT2D eigenvalue weighted by molar-refractivity contribution is 7.80. The third-order valence-corrected chi connectivity index (χ3v) is 2.90. The van der Waals surface area contributed by atoms with E-state index in [2.05, 4.69) is 0 Å². The number of nitrogens with zero attached hydrogens (tertiary/aromatic N) is 1. The normalized spacial score (nSPS) is 10.2. The molecule has 1 aromatic carbocycles. The Bertz CT molecular complexity index is 493. The van der Waals surface area contributed by atoms with Gasteiger partial charge < -0.3 is 25.6 Å². The maximum absolute atomic E-state index is 12.4. The lowest BCUT2D eigenvalue weighted by molar-refractivity contribution is 0.0698. The minimum atomic E-state index is -0.410. The van der Waals surface area contributed by atoms with Gasteiger partial charge in [-0.2, -0.15) is 0 Å². The summed E-state index contributed by atoms with van der Waals surface area (Å²) in [6.45, 7) is 1.02. The van der Waals surface area contributed by atoms with Gasteiger partial charge in [0, 0.05) is 26.6 Å². The lowest BCUT2D eigenvalue weighted by atomic mass is 10.1. The molecule has 4 N–H and O–H groups in total. The zero-order valence-electron chi connectivity index (χ0n) is 11.2. The molecule has 0 fully saturated rings. The number of carbonyl (C=O) groups excluding carboxylic acids is 1. The number of hydrogen-bond donors (Lipinski definition) is 3. The van der Waals surface area contributed by atoms with Gasteiger partial charge in [-0.3, -0.25) is 4.79 Å². The molecule has 0 heterocycles. The van der Waals surface area contributed by atoms with Crippen molar-refractivity contribution in [1.29, 1.82) is 0 Å². The van der Waals surface area contributed by atoms with E-state index in [9.17, 15) is 15.0 Å². The summed E-state index contributed by atoms with van der Waals surface area (Å²) < 4.78 is 4.95. The largest absolute Gasteiger partial charge is 0.508 e. The first-order chi connectivity index (χ1) is 9.45. The Labute approximate surface area is 122 Å². The van der Waals surface area contributed by atoms with E-state index in [0.29, 0.717) is 31.1 Å². The van der Waals surface area contributed by atoms with Crippen LogP contribution in [0.15, 0.2) is 18.2 Å². The van der Waals surface area contributed by atoms with Crippen LogP contribution in [-0.2, 0) is 4.74 Å². The molecule has 0 saturated heterocycles. The molecule has 0 atom stereocenters. The fraction of sp³-hybridized carbons (Fsp3) is 0.385.